The molecule has 0 bridgehead atoms. The molecule has 1 aliphatic carbocycles. The summed E-state index contributed by atoms with van der Waals surface area (Å²) in [4.78, 5) is 11.9. The molecule has 0 fully saturated rings. The van der Waals surface area contributed by atoms with Gasteiger partial charge in [-0.15, -0.1) is 0 Å². The van der Waals surface area contributed by atoms with Crippen LogP contribution in [0.1, 0.15) is 42.9 Å². The van der Waals surface area contributed by atoms with Crippen molar-refractivity contribution >= 4 is 11.7 Å². The van der Waals surface area contributed by atoms with Crippen LogP contribution >= 0.6 is 0 Å². The third kappa shape index (κ3) is 4.75. The van der Waals surface area contributed by atoms with Gasteiger partial charge in [0.15, 0.2) is 0 Å². The van der Waals surface area contributed by atoms with Crippen molar-refractivity contribution in [1.82, 2.24) is 5.32 Å². The average Bonchev–Trinajstić information content (AvgIpc) is 3.07. The van der Waals surface area contributed by atoms with E-state index in [0.29, 0.717) is 19.1 Å². The molecule has 0 aromatic heterocycles. The largest absolute Gasteiger partial charge is 0.492 e. The summed E-state index contributed by atoms with van der Waals surface area (Å²) in [6.07, 6.45) is 3.55. The van der Waals surface area contributed by atoms with E-state index in [1.165, 1.54) is 29.5 Å². The fraction of sp³-hybridized carbons (Fsp3) is 0.381. The second-order valence-corrected chi connectivity index (χ2v) is 6.79. The number of fused-ring (bicyclic) bond motifs is 1. The highest BCUT2D eigenvalue weighted by Crippen LogP contribution is 2.25. The van der Waals surface area contributed by atoms with E-state index in [0.717, 1.165) is 17.9 Å². The molecule has 2 N–H and O–H groups in total. The third-order valence-electron chi connectivity index (χ3n) is 4.56. The Labute approximate surface area is 149 Å². The van der Waals surface area contributed by atoms with Crippen molar-refractivity contribution in [2.75, 3.05) is 18.5 Å². The van der Waals surface area contributed by atoms with Gasteiger partial charge in [-0.2, -0.15) is 0 Å². The maximum Gasteiger partial charge on any atom is 0.319 e. The van der Waals surface area contributed by atoms with Crippen molar-refractivity contribution in [2.24, 2.45) is 0 Å². The van der Waals surface area contributed by atoms with Crippen molar-refractivity contribution in [3.05, 3.63) is 59.2 Å². The number of anilines is 1. The average molecular weight is 338 g/mol. The molecule has 4 nitrogen and oxygen atoms in total. The SMILES string of the molecule is CC(C)c1ccc(NC(=O)NCCOc2ccc3c(c2)CCC3)cc1. The molecule has 0 unspecified atom stereocenters. The predicted octanol–water partition coefficient (Wildman–Crippen LogP) is 4.50. The summed E-state index contributed by atoms with van der Waals surface area (Å²) in [6.45, 7) is 5.22. The lowest BCUT2D eigenvalue weighted by Gasteiger charge is -2.11. The number of carbonyl (C=O) groups excluding carboxylic acids is 1. The molecule has 0 spiro atoms. The Morgan fingerprint density at radius 3 is 2.60 bits per heavy atom. The van der Waals surface area contributed by atoms with Crippen LogP contribution in [0, 0.1) is 0 Å². The van der Waals surface area contributed by atoms with E-state index in [2.05, 4.69) is 36.6 Å². The number of aryl methyl sites for hydroxylation is 2. The first-order valence-corrected chi connectivity index (χ1v) is 9.01. The van der Waals surface area contributed by atoms with Gasteiger partial charge >= 0.3 is 6.03 Å². The standard InChI is InChI=1S/C21H26N2O2/c1-15(2)16-6-9-19(10-7-16)23-21(24)22-12-13-25-20-11-8-17-4-3-5-18(17)14-20/h6-11,14-15H,3-5,12-13H2,1-2H3,(H2,22,23,24). The number of rotatable bonds is 6. The molecule has 0 heterocycles. The van der Waals surface area contributed by atoms with Crippen molar-refractivity contribution < 1.29 is 9.53 Å². The van der Waals surface area contributed by atoms with Crippen LogP contribution in [0.4, 0.5) is 10.5 Å². The molecule has 4 heteroatoms. The van der Waals surface area contributed by atoms with Gasteiger partial charge in [0.1, 0.15) is 12.4 Å². The van der Waals surface area contributed by atoms with Gasteiger partial charge in [-0.1, -0.05) is 32.0 Å². The van der Waals surface area contributed by atoms with Crippen LogP contribution in [0.3, 0.4) is 0 Å². The maximum atomic E-state index is 11.9. The molecular formula is C21H26N2O2. The summed E-state index contributed by atoms with van der Waals surface area (Å²) in [5, 5.41) is 5.65. The van der Waals surface area contributed by atoms with E-state index >= 15 is 0 Å². The fourth-order valence-electron chi connectivity index (χ4n) is 3.10. The number of ether oxygens (including phenoxy) is 1. The Hall–Kier alpha value is -2.49. The van der Waals surface area contributed by atoms with Gasteiger partial charge < -0.3 is 15.4 Å². The number of hydrogen-bond acceptors (Lipinski definition) is 2. The number of nitrogens with one attached hydrogen (secondary N) is 2. The van der Waals surface area contributed by atoms with E-state index in [-0.39, 0.29) is 6.03 Å². The highest BCUT2D eigenvalue weighted by Gasteiger charge is 2.11. The van der Waals surface area contributed by atoms with E-state index in [4.69, 9.17) is 4.74 Å². The van der Waals surface area contributed by atoms with Gasteiger partial charge in [-0.05, 0) is 66.1 Å². The summed E-state index contributed by atoms with van der Waals surface area (Å²) in [5.74, 6) is 1.37. The first kappa shape index (κ1) is 17.3. The zero-order valence-electron chi connectivity index (χ0n) is 15.0. The van der Waals surface area contributed by atoms with E-state index < -0.39 is 0 Å². The lowest BCUT2D eigenvalue weighted by Crippen LogP contribution is -2.32. The first-order chi connectivity index (χ1) is 12.1. The van der Waals surface area contributed by atoms with Crippen LogP contribution < -0.4 is 15.4 Å². The van der Waals surface area contributed by atoms with Crippen LogP contribution in [-0.2, 0) is 12.8 Å². The topological polar surface area (TPSA) is 50.4 Å². The molecule has 0 saturated heterocycles. The summed E-state index contributed by atoms with van der Waals surface area (Å²) in [5.41, 5.74) is 4.89. The Morgan fingerprint density at radius 2 is 1.84 bits per heavy atom. The van der Waals surface area contributed by atoms with Gasteiger partial charge in [0.05, 0.1) is 6.54 Å². The fourth-order valence-corrected chi connectivity index (χ4v) is 3.10. The molecule has 25 heavy (non-hydrogen) atoms. The number of amides is 2. The molecule has 0 atom stereocenters. The quantitative estimate of drug-likeness (QED) is 0.762. The first-order valence-electron chi connectivity index (χ1n) is 9.01. The van der Waals surface area contributed by atoms with Crippen LogP contribution in [0.2, 0.25) is 0 Å². The molecule has 1 aliphatic rings. The zero-order chi connectivity index (χ0) is 17.6. The molecule has 132 valence electrons. The monoisotopic (exact) mass is 338 g/mol. The van der Waals surface area contributed by atoms with Gasteiger partial charge in [-0.25, -0.2) is 4.79 Å². The minimum absolute atomic E-state index is 0.213. The van der Waals surface area contributed by atoms with Gasteiger partial charge in [0.25, 0.3) is 0 Å². The van der Waals surface area contributed by atoms with Gasteiger partial charge in [-0.3, -0.25) is 0 Å². The van der Waals surface area contributed by atoms with Crippen LogP contribution in [0.25, 0.3) is 0 Å². The maximum absolute atomic E-state index is 11.9. The van der Waals surface area contributed by atoms with Gasteiger partial charge in [0, 0.05) is 5.69 Å². The van der Waals surface area contributed by atoms with Crippen molar-refractivity contribution in [3.63, 3.8) is 0 Å². The van der Waals surface area contributed by atoms with Gasteiger partial charge in [0.2, 0.25) is 0 Å². The Balaban J connectivity index is 1.39. The Kier molecular flexibility index (Phi) is 5.59. The number of hydrogen-bond donors (Lipinski definition) is 2. The van der Waals surface area contributed by atoms with Crippen molar-refractivity contribution in [3.8, 4) is 5.75 Å². The molecular weight excluding hydrogens is 312 g/mol. The molecule has 2 amide bonds. The summed E-state index contributed by atoms with van der Waals surface area (Å²) in [6, 6.07) is 14.0. The molecule has 2 aromatic rings. The lowest BCUT2D eigenvalue weighted by molar-refractivity contribution is 0.247. The number of benzene rings is 2. The highest BCUT2D eigenvalue weighted by atomic mass is 16.5. The lowest BCUT2D eigenvalue weighted by atomic mass is 10.0. The van der Waals surface area contributed by atoms with Crippen LogP contribution in [0.15, 0.2) is 42.5 Å². The van der Waals surface area contributed by atoms with Crippen LogP contribution in [0.5, 0.6) is 5.75 Å². The smallest absolute Gasteiger partial charge is 0.319 e. The molecule has 0 radical (unpaired) electrons. The Morgan fingerprint density at radius 1 is 1.08 bits per heavy atom. The predicted molar refractivity (Wildman–Crippen MR) is 102 cm³/mol. The Bertz CT molecular complexity index is 723. The minimum Gasteiger partial charge on any atom is -0.492 e. The summed E-state index contributed by atoms with van der Waals surface area (Å²) < 4.78 is 5.73. The molecule has 0 saturated carbocycles. The number of urea groups is 1. The molecule has 3 rings (SSSR count). The van der Waals surface area contributed by atoms with E-state index in [1.54, 1.807) is 0 Å². The van der Waals surface area contributed by atoms with E-state index in [1.807, 2.05) is 30.3 Å². The van der Waals surface area contributed by atoms with Crippen molar-refractivity contribution in [1.29, 1.82) is 0 Å². The number of carbonyl (C=O) groups is 1. The molecule has 2 aromatic carbocycles. The third-order valence-corrected chi connectivity index (χ3v) is 4.56. The van der Waals surface area contributed by atoms with Crippen molar-refractivity contribution in [2.45, 2.75) is 39.0 Å². The summed E-state index contributed by atoms with van der Waals surface area (Å²) in [7, 11) is 0. The summed E-state index contributed by atoms with van der Waals surface area (Å²) >= 11 is 0. The van der Waals surface area contributed by atoms with E-state index in [9.17, 15) is 4.79 Å². The molecule has 0 aliphatic heterocycles. The second-order valence-electron chi connectivity index (χ2n) is 6.79. The van der Waals surface area contributed by atoms with Crippen LogP contribution in [-0.4, -0.2) is 19.2 Å². The second kappa shape index (κ2) is 8.06. The highest BCUT2D eigenvalue weighted by molar-refractivity contribution is 5.89. The normalized spacial score (nSPS) is 12.8. The zero-order valence-corrected chi connectivity index (χ0v) is 15.0. The minimum atomic E-state index is -0.213.